The molecule has 0 radical (unpaired) electrons. The number of ether oxygens (including phenoxy) is 1. The van der Waals surface area contributed by atoms with Crippen LogP contribution < -0.4 is 10.1 Å². The van der Waals surface area contributed by atoms with Gasteiger partial charge in [0.1, 0.15) is 11.0 Å². The van der Waals surface area contributed by atoms with Gasteiger partial charge in [-0.3, -0.25) is 4.79 Å². The second kappa shape index (κ2) is 6.33. The van der Waals surface area contributed by atoms with Gasteiger partial charge >= 0.3 is 6.36 Å². The fraction of sp³-hybridized carbons (Fsp3) is 0.417. The van der Waals surface area contributed by atoms with Crippen LogP contribution in [0.2, 0.25) is 0 Å². The molecule has 0 aliphatic rings. The van der Waals surface area contributed by atoms with Crippen LogP contribution in [0.1, 0.15) is 12.5 Å². The summed E-state index contributed by atoms with van der Waals surface area (Å²) in [6.45, 7) is 0.924. The number of carbonyl (C=O) groups excluding carboxylic acids is 1. The third kappa shape index (κ3) is 5.62. The summed E-state index contributed by atoms with van der Waals surface area (Å²) in [5.74, 6) is -1.24. The van der Waals surface area contributed by atoms with Crippen LogP contribution in [0.15, 0.2) is 24.3 Å². The standard InChI is InChI=1S/C12H14F3NO4S/c1-8(21(2,18)19)11(17)16-7-9-5-3-4-6-10(9)20-12(13,14)15/h3-6,8H,7H2,1-2H3,(H,16,17)/t8-/m0/s1. The summed E-state index contributed by atoms with van der Waals surface area (Å²) < 4.78 is 62.9. The third-order valence-electron chi connectivity index (χ3n) is 2.66. The second-order valence-corrected chi connectivity index (χ2v) is 6.71. The van der Waals surface area contributed by atoms with Gasteiger partial charge in [0, 0.05) is 18.4 Å². The minimum atomic E-state index is -4.85. The Morgan fingerprint density at radius 1 is 1.33 bits per heavy atom. The van der Waals surface area contributed by atoms with Crippen molar-refractivity contribution in [2.45, 2.75) is 25.1 Å². The fourth-order valence-corrected chi connectivity index (χ4v) is 1.87. The van der Waals surface area contributed by atoms with E-state index in [-0.39, 0.29) is 12.1 Å². The first-order valence-corrected chi connectivity index (χ1v) is 7.76. The second-order valence-electron chi connectivity index (χ2n) is 4.35. The SMILES string of the molecule is C[C@@H](C(=O)NCc1ccccc1OC(F)(F)F)S(C)(=O)=O. The number of hydrogen-bond donors (Lipinski definition) is 1. The van der Waals surface area contributed by atoms with Crippen molar-refractivity contribution in [3.63, 3.8) is 0 Å². The highest BCUT2D eigenvalue weighted by Gasteiger charge is 2.32. The lowest BCUT2D eigenvalue weighted by Gasteiger charge is -2.14. The summed E-state index contributed by atoms with van der Waals surface area (Å²) in [5.41, 5.74) is 0.0869. The molecule has 1 N–H and O–H groups in total. The third-order valence-corrected chi connectivity index (χ3v) is 4.16. The summed E-state index contributed by atoms with van der Waals surface area (Å²) in [6.07, 6.45) is -3.95. The number of carbonyl (C=O) groups is 1. The molecule has 1 rings (SSSR count). The van der Waals surface area contributed by atoms with Gasteiger partial charge in [0.25, 0.3) is 0 Å². The van der Waals surface area contributed by atoms with Crippen molar-refractivity contribution in [1.29, 1.82) is 0 Å². The number of halogens is 3. The molecule has 118 valence electrons. The largest absolute Gasteiger partial charge is 0.573 e. The highest BCUT2D eigenvalue weighted by Crippen LogP contribution is 2.26. The molecule has 0 aliphatic carbocycles. The lowest BCUT2D eigenvalue weighted by atomic mass is 10.2. The van der Waals surface area contributed by atoms with Gasteiger partial charge in [-0.25, -0.2) is 8.42 Å². The minimum absolute atomic E-state index is 0.0869. The summed E-state index contributed by atoms with van der Waals surface area (Å²) in [6, 6.07) is 5.28. The molecule has 0 saturated carbocycles. The van der Waals surface area contributed by atoms with Gasteiger partial charge in [-0.1, -0.05) is 18.2 Å². The predicted molar refractivity (Wildman–Crippen MR) is 69.3 cm³/mol. The molecule has 1 aromatic carbocycles. The molecule has 1 aromatic rings. The van der Waals surface area contributed by atoms with Crippen LogP contribution in [0.3, 0.4) is 0 Å². The van der Waals surface area contributed by atoms with Crippen LogP contribution in [0.25, 0.3) is 0 Å². The van der Waals surface area contributed by atoms with Gasteiger partial charge in [0.05, 0.1) is 0 Å². The van der Waals surface area contributed by atoms with Crippen molar-refractivity contribution in [3.05, 3.63) is 29.8 Å². The molecule has 0 spiro atoms. The van der Waals surface area contributed by atoms with Crippen LogP contribution >= 0.6 is 0 Å². The van der Waals surface area contributed by atoms with Crippen molar-refractivity contribution >= 4 is 15.7 Å². The molecular weight excluding hydrogens is 311 g/mol. The summed E-state index contributed by atoms with van der Waals surface area (Å²) in [4.78, 5) is 11.6. The molecule has 0 saturated heterocycles. The normalized spacial score (nSPS) is 13.6. The van der Waals surface area contributed by atoms with E-state index in [0.29, 0.717) is 0 Å². The highest BCUT2D eigenvalue weighted by atomic mass is 32.2. The zero-order chi connectivity index (χ0) is 16.3. The Bertz CT molecular complexity index is 613. The summed E-state index contributed by atoms with van der Waals surface area (Å²) >= 11 is 0. The van der Waals surface area contributed by atoms with E-state index in [1.807, 2.05) is 0 Å². The predicted octanol–water partition coefficient (Wildman–Crippen LogP) is 1.63. The van der Waals surface area contributed by atoms with Crippen LogP contribution in [-0.4, -0.2) is 32.2 Å². The molecule has 5 nitrogen and oxygen atoms in total. The van der Waals surface area contributed by atoms with E-state index < -0.39 is 33.1 Å². The number of sulfone groups is 1. The molecule has 0 bridgehead atoms. The number of benzene rings is 1. The van der Waals surface area contributed by atoms with E-state index >= 15 is 0 Å². The number of para-hydroxylation sites is 1. The Morgan fingerprint density at radius 2 is 1.90 bits per heavy atom. The first kappa shape index (κ1) is 17.3. The van der Waals surface area contributed by atoms with Gasteiger partial charge in [0.2, 0.25) is 5.91 Å². The maximum atomic E-state index is 12.2. The smallest absolute Gasteiger partial charge is 0.405 e. The van der Waals surface area contributed by atoms with Crippen molar-refractivity contribution in [1.82, 2.24) is 5.32 Å². The average molecular weight is 325 g/mol. The maximum Gasteiger partial charge on any atom is 0.573 e. The van der Waals surface area contributed by atoms with Crippen molar-refractivity contribution < 1.29 is 31.1 Å². The Kier molecular flexibility index (Phi) is 5.21. The first-order valence-electron chi connectivity index (χ1n) is 5.81. The molecular formula is C12H14F3NO4S. The molecule has 0 heterocycles. The maximum absolute atomic E-state index is 12.2. The van der Waals surface area contributed by atoms with E-state index in [9.17, 15) is 26.4 Å². The Morgan fingerprint density at radius 3 is 2.43 bits per heavy atom. The number of hydrogen-bond acceptors (Lipinski definition) is 4. The molecule has 0 aromatic heterocycles. The van der Waals surface area contributed by atoms with Gasteiger partial charge in [-0.2, -0.15) is 0 Å². The van der Waals surface area contributed by atoms with Gasteiger partial charge in [-0.15, -0.1) is 13.2 Å². The number of amides is 1. The van der Waals surface area contributed by atoms with E-state index in [1.54, 1.807) is 0 Å². The van der Waals surface area contributed by atoms with Crippen molar-refractivity contribution in [2.24, 2.45) is 0 Å². The van der Waals surface area contributed by atoms with Gasteiger partial charge in [0.15, 0.2) is 9.84 Å². The average Bonchev–Trinajstić information content (AvgIpc) is 2.33. The van der Waals surface area contributed by atoms with Crippen LogP contribution in [0.5, 0.6) is 5.75 Å². The molecule has 1 atom stereocenters. The molecule has 0 unspecified atom stereocenters. The topological polar surface area (TPSA) is 72.5 Å². The number of nitrogens with one attached hydrogen (secondary N) is 1. The van der Waals surface area contributed by atoms with Crippen LogP contribution in [0.4, 0.5) is 13.2 Å². The molecule has 9 heteroatoms. The Labute approximate surface area is 120 Å². The molecule has 21 heavy (non-hydrogen) atoms. The number of rotatable bonds is 5. The molecule has 0 aliphatic heterocycles. The van der Waals surface area contributed by atoms with Crippen molar-refractivity contribution in [2.75, 3.05) is 6.26 Å². The quantitative estimate of drug-likeness (QED) is 0.893. The van der Waals surface area contributed by atoms with Gasteiger partial charge < -0.3 is 10.1 Å². The monoisotopic (exact) mass is 325 g/mol. The van der Waals surface area contributed by atoms with Crippen LogP contribution in [-0.2, 0) is 21.2 Å². The fourth-order valence-electron chi connectivity index (χ4n) is 1.39. The molecule has 0 fully saturated rings. The summed E-state index contributed by atoms with van der Waals surface area (Å²) in [7, 11) is -3.57. The van der Waals surface area contributed by atoms with E-state index in [2.05, 4.69) is 10.1 Å². The lowest BCUT2D eigenvalue weighted by Crippen LogP contribution is -2.37. The molecule has 1 amide bonds. The minimum Gasteiger partial charge on any atom is -0.405 e. The first-order chi connectivity index (χ1) is 9.50. The Hall–Kier alpha value is -1.77. The zero-order valence-electron chi connectivity index (χ0n) is 11.3. The van der Waals surface area contributed by atoms with E-state index in [0.717, 1.165) is 12.3 Å². The van der Waals surface area contributed by atoms with E-state index in [4.69, 9.17) is 0 Å². The number of alkyl halides is 3. The van der Waals surface area contributed by atoms with E-state index in [1.165, 1.54) is 25.1 Å². The Balaban J connectivity index is 2.79. The lowest BCUT2D eigenvalue weighted by molar-refractivity contribution is -0.274. The highest BCUT2D eigenvalue weighted by molar-refractivity contribution is 7.92. The summed E-state index contributed by atoms with van der Waals surface area (Å²) in [5, 5.41) is 0.982. The van der Waals surface area contributed by atoms with Crippen molar-refractivity contribution in [3.8, 4) is 5.75 Å². The zero-order valence-corrected chi connectivity index (χ0v) is 12.1. The van der Waals surface area contributed by atoms with Crippen LogP contribution in [0, 0.1) is 0 Å². The van der Waals surface area contributed by atoms with Gasteiger partial charge in [-0.05, 0) is 13.0 Å².